The third-order valence-corrected chi connectivity index (χ3v) is 4.52. The minimum absolute atomic E-state index is 0.0833. The Balaban J connectivity index is 1.56. The fourth-order valence-corrected chi connectivity index (χ4v) is 3.04. The number of carbonyl (C=O) groups excluding carboxylic acids is 1. The highest BCUT2D eigenvalue weighted by Gasteiger charge is 2.18. The fraction of sp³-hybridized carbons (Fsp3) is 0.105. The Morgan fingerprint density at radius 1 is 1.19 bits per heavy atom. The lowest BCUT2D eigenvalue weighted by Gasteiger charge is -2.04. The Morgan fingerprint density at radius 2 is 1.96 bits per heavy atom. The van der Waals surface area contributed by atoms with Crippen molar-refractivity contribution < 1.29 is 9.32 Å². The summed E-state index contributed by atoms with van der Waals surface area (Å²) < 4.78 is 7.13. The molecular formula is C19H15ClN4O2. The van der Waals surface area contributed by atoms with E-state index in [0.717, 1.165) is 22.0 Å². The molecule has 0 atom stereocenters. The van der Waals surface area contributed by atoms with E-state index in [2.05, 4.69) is 15.5 Å². The molecule has 7 heteroatoms. The second kappa shape index (κ2) is 6.65. The fourth-order valence-electron chi connectivity index (χ4n) is 2.84. The van der Waals surface area contributed by atoms with E-state index in [1.54, 1.807) is 6.07 Å². The maximum atomic E-state index is 12.3. The lowest BCUT2D eigenvalue weighted by atomic mass is 10.2. The van der Waals surface area contributed by atoms with Crippen molar-refractivity contribution in [3.05, 3.63) is 71.2 Å². The van der Waals surface area contributed by atoms with Gasteiger partial charge in [-0.2, -0.15) is 4.98 Å². The third-order valence-electron chi connectivity index (χ3n) is 4.16. The van der Waals surface area contributed by atoms with Crippen LogP contribution >= 0.6 is 11.6 Å². The normalized spacial score (nSPS) is 11.0. The van der Waals surface area contributed by atoms with Gasteiger partial charge in [0.25, 0.3) is 0 Å². The van der Waals surface area contributed by atoms with Crippen LogP contribution in [0.2, 0.25) is 5.02 Å². The molecule has 4 aromatic rings. The van der Waals surface area contributed by atoms with E-state index in [0.29, 0.717) is 10.8 Å². The van der Waals surface area contributed by atoms with Crippen molar-refractivity contribution >= 4 is 28.4 Å². The van der Waals surface area contributed by atoms with Crippen molar-refractivity contribution in [1.82, 2.24) is 20.0 Å². The van der Waals surface area contributed by atoms with Crippen molar-refractivity contribution in [2.45, 2.75) is 6.54 Å². The van der Waals surface area contributed by atoms with E-state index in [4.69, 9.17) is 16.1 Å². The molecule has 1 N–H and O–H groups in total. The van der Waals surface area contributed by atoms with Gasteiger partial charge >= 0.3 is 11.8 Å². The first kappa shape index (κ1) is 16.4. The lowest BCUT2D eigenvalue weighted by Crippen LogP contribution is -2.23. The number of nitrogens with zero attached hydrogens (tertiary/aromatic N) is 3. The quantitative estimate of drug-likeness (QED) is 0.596. The van der Waals surface area contributed by atoms with Crippen molar-refractivity contribution in [2.75, 3.05) is 0 Å². The molecule has 2 aromatic carbocycles. The van der Waals surface area contributed by atoms with E-state index in [1.807, 2.05) is 60.3 Å². The molecule has 2 aromatic heterocycles. The van der Waals surface area contributed by atoms with Gasteiger partial charge in [0.05, 0.1) is 0 Å². The van der Waals surface area contributed by atoms with Crippen LogP contribution < -0.4 is 5.32 Å². The van der Waals surface area contributed by atoms with Gasteiger partial charge < -0.3 is 14.4 Å². The lowest BCUT2D eigenvalue weighted by molar-refractivity contribution is 0.0907. The SMILES string of the molecule is Cn1cc(-c2noc(C(=O)NCc3ccccc3Cl)n2)c2ccccc21. The summed E-state index contributed by atoms with van der Waals surface area (Å²) in [6, 6.07) is 15.2. The zero-order valence-corrected chi connectivity index (χ0v) is 14.7. The third kappa shape index (κ3) is 2.95. The number of halogens is 1. The monoisotopic (exact) mass is 366 g/mol. The van der Waals surface area contributed by atoms with Gasteiger partial charge in [0.1, 0.15) is 0 Å². The summed E-state index contributed by atoms with van der Waals surface area (Å²) in [5.74, 6) is -0.145. The summed E-state index contributed by atoms with van der Waals surface area (Å²) in [6.45, 7) is 0.282. The van der Waals surface area contributed by atoms with Gasteiger partial charge in [0, 0.05) is 41.3 Å². The van der Waals surface area contributed by atoms with Crippen molar-refractivity contribution in [1.29, 1.82) is 0 Å². The maximum Gasteiger partial charge on any atom is 0.316 e. The molecule has 0 aliphatic carbocycles. The van der Waals surface area contributed by atoms with Crippen LogP contribution in [0.5, 0.6) is 0 Å². The first-order chi connectivity index (χ1) is 12.6. The number of nitrogens with one attached hydrogen (secondary N) is 1. The number of benzene rings is 2. The summed E-state index contributed by atoms with van der Waals surface area (Å²) in [6.07, 6.45) is 1.92. The number of amides is 1. The molecule has 0 saturated carbocycles. The highest BCUT2D eigenvalue weighted by molar-refractivity contribution is 6.31. The molecule has 0 radical (unpaired) electrons. The highest BCUT2D eigenvalue weighted by atomic mass is 35.5. The highest BCUT2D eigenvalue weighted by Crippen LogP contribution is 2.28. The van der Waals surface area contributed by atoms with Gasteiger partial charge in [-0.3, -0.25) is 4.79 Å². The Bertz CT molecular complexity index is 1100. The molecule has 0 fully saturated rings. The molecule has 0 aliphatic rings. The molecule has 6 nitrogen and oxygen atoms in total. The number of fused-ring (bicyclic) bond motifs is 1. The van der Waals surface area contributed by atoms with Crippen LogP contribution in [0.4, 0.5) is 0 Å². The van der Waals surface area contributed by atoms with Crippen LogP contribution in [-0.2, 0) is 13.6 Å². The first-order valence-electron chi connectivity index (χ1n) is 8.03. The molecule has 26 heavy (non-hydrogen) atoms. The molecule has 0 spiro atoms. The number of para-hydroxylation sites is 1. The zero-order valence-electron chi connectivity index (χ0n) is 13.9. The van der Waals surface area contributed by atoms with Crippen LogP contribution in [0.15, 0.2) is 59.3 Å². The van der Waals surface area contributed by atoms with Crippen LogP contribution in [0.1, 0.15) is 16.2 Å². The maximum absolute atomic E-state index is 12.3. The van der Waals surface area contributed by atoms with Crippen LogP contribution in [0.25, 0.3) is 22.3 Å². The van der Waals surface area contributed by atoms with E-state index in [1.165, 1.54) is 0 Å². The molecule has 0 bridgehead atoms. The van der Waals surface area contributed by atoms with Crippen LogP contribution in [-0.4, -0.2) is 20.6 Å². The van der Waals surface area contributed by atoms with Gasteiger partial charge in [-0.1, -0.05) is 53.2 Å². The Morgan fingerprint density at radius 3 is 2.81 bits per heavy atom. The largest absolute Gasteiger partial charge is 0.350 e. The summed E-state index contributed by atoms with van der Waals surface area (Å²) in [5.41, 5.74) is 2.69. The number of aryl methyl sites for hydroxylation is 1. The molecule has 130 valence electrons. The summed E-state index contributed by atoms with van der Waals surface area (Å²) in [4.78, 5) is 16.5. The Labute approximate surface area is 154 Å². The van der Waals surface area contributed by atoms with E-state index in [-0.39, 0.29) is 12.4 Å². The molecule has 0 aliphatic heterocycles. The van der Waals surface area contributed by atoms with Crippen molar-refractivity contribution in [3.63, 3.8) is 0 Å². The van der Waals surface area contributed by atoms with Gasteiger partial charge in [-0.25, -0.2) is 0 Å². The first-order valence-corrected chi connectivity index (χ1v) is 8.41. The Hall–Kier alpha value is -3.12. The number of aromatic nitrogens is 3. The summed E-state index contributed by atoms with van der Waals surface area (Å²) in [7, 11) is 1.95. The second-order valence-corrected chi connectivity index (χ2v) is 6.28. The number of hydrogen-bond donors (Lipinski definition) is 1. The van der Waals surface area contributed by atoms with Crippen LogP contribution in [0.3, 0.4) is 0 Å². The zero-order chi connectivity index (χ0) is 18.1. The molecule has 4 rings (SSSR count). The van der Waals surface area contributed by atoms with Gasteiger partial charge in [0.2, 0.25) is 5.82 Å². The topological polar surface area (TPSA) is 73.0 Å². The molecule has 1 amide bonds. The molecule has 0 unspecified atom stereocenters. The average Bonchev–Trinajstić information content (AvgIpc) is 3.26. The van der Waals surface area contributed by atoms with E-state index in [9.17, 15) is 4.79 Å². The van der Waals surface area contributed by atoms with E-state index >= 15 is 0 Å². The Kier molecular flexibility index (Phi) is 4.18. The predicted octanol–water partition coefficient (Wildman–Crippen LogP) is 3.81. The predicted molar refractivity (Wildman–Crippen MR) is 98.8 cm³/mol. The number of carbonyl (C=O) groups is 1. The summed E-state index contributed by atoms with van der Waals surface area (Å²) >= 11 is 6.09. The van der Waals surface area contributed by atoms with Gasteiger partial charge in [-0.05, 0) is 17.7 Å². The van der Waals surface area contributed by atoms with Gasteiger partial charge in [0.15, 0.2) is 0 Å². The number of rotatable bonds is 4. The number of hydrogen-bond acceptors (Lipinski definition) is 4. The molecule has 2 heterocycles. The smallest absolute Gasteiger partial charge is 0.316 e. The minimum Gasteiger partial charge on any atom is -0.350 e. The minimum atomic E-state index is -0.441. The summed E-state index contributed by atoms with van der Waals surface area (Å²) in [5, 5.41) is 8.29. The average molecular weight is 367 g/mol. The van der Waals surface area contributed by atoms with Gasteiger partial charge in [-0.15, -0.1) is 0 Å². The standard InChI is InChI=1S/C19H15ClN4O2/c1-24-11-14(13-7-3-5-9-16(13)24)17-22-19(26-23-17)18(25)21-10-12-6-2-4-8-15(12)20/h2-9,11H,10H2,1H3,(H,21,25). The van der Waals surface area contributed by atoms with E-state index < -0.39 is 5.91 Å². The molecular weight excluding hydrogens is 352 g/mol. The van der Waals surface area contributed by atoms with Crippen molar-refractivity contribution in [2.24, 2.45) is 7.05 Å². The van der Waals surface area contributed by atoms with Crippen molar-refractivity contribution in [3.8, 4) is 11.4 Å². The molecule has 0 saturated heterocycles. The second-order valence-electron chi connectivity index (χ2n) is 5.87. The van der Waals surface area contributed by atoms with Crippen LogP contribution in [0, 0.1) is 0 Å².